The third kappa shape index (κ3) is 6.96. The summed E-state index contributed by atoms with van der Waals surface area (Å²) in [7, 11) is 0.116. The van der Waals surface area contributed by atoms with E-state index in [1.807, 2.05) is 44.1 Å². The number of sulfonamides is 1. The van der Waals surface area contributed by atoms with E-state index < -0.39 is 10.0 Å². The first kappa shape index (κ1) is 27.0. The summed E-state index contributed by atoms with van der Waals surface area (Å²) in [6.07, 6.45) is 0. The van der Waals surface area contributed by atoms with Gasteiger partial charge in [-0.1, -0.05) is 26.0 Å². The molecule has 0 atom stereocenters. The second kappa shape index (κ2) is 11.9. The Bertz CT molecular complexity index is 1090. The van der Waals surface area contributed by atoms with Crippen molar-refractivity contribution in [2.45, 2.75) is 31.6 Å². The normalized spacial score (nSPS) is 14.4. The van der Waals surface area contributed by atoms with E-state index in [0.29, 0.717) is 30.3 Å². The molecule has 0 unspecified atom stereocenters. The van der Waals surface area contributed by atoms with E-state index >= 15 is 0 Å². The van der Waals surface area contributed by atoms with Crippen LogP contribution in [0.15, 0.2) is 47.4 Å². The van der Waals surface area contributed by atoms with Crippen molar-refractivity contribution in [2.75, 3.05) is 69.5 Å². The van der Waals surface area contributed by atoms with Gasteiger partial charge in [0.2, 0.25) is 0 Å². The van der Waals surface area contributed by atoms with Crippen LogP contribution >= 0.6 is 0 Å². The van der Waals surface area contributed by atoms with Crippen molar-refractivity contribution in [3.8, 4) is 0 Å². The molecule has 2 aromatic rings. The van der Waals surface area contributed by atoms with Crippen molar-refractivity contribution < 1.29 is 13.2 Å². The Labute approximate surface area is 210 Å². The van der Waals surface area contributed by atoms with Gasteiger partial charge in [0.1, 0.15) is 0 Å². The number of piperazine rings is 1. The van der Waals surface area contributed by atoms with E-state index in [1.54, 1.807) is 29.2 Å². The Balaban J connectivity index is 1.95. The van der Waals surface area contributed by atoms with Crippen LogP contribution in [0, 0.1) is 0 Å². The van der Waals surface area contributed by atoms with Gasteiger partial charge in [0.15, 0.2) is 0 Å². The average Bonchev–Trinajstić information content (AvgIpc) is 2.84. The number of anilines is 2. The Morgan fingerprint density at radius 3 is 2.29 bits per heavy atom. The molecule has 8 nitrogen and oxygen atoms in total. The van der Waals surface area contributed by atoms with E-state index in [4.69, 9.17) is 0 Å². The predicted molar refractivity (Wildman–Crippen MR) is 143 cm³/mol. The minimum Gasteiger partial charge on any atom is -0.367 e. The summed E-state index contributed by atoms with van der Waals surface area (Å²) in [5.41, 5.74) is 2.75. The van der Waals surface area contributed by atoms with Crippen LogP contribution in [0.4, 0.5) is 11.4 Å². The molecule has 2 aromatic carbocycles. The van der Waals surface area contributed by atoms with Crippen LogP contribution in [0.1, 0.15) is 42.6 Å². The van der Waals surface area contributed by atoms with Gasteiger partial charge < -0.3 is 20.0 Å². The number of nitrogens with one attached hydrogen (secondary N) is 2. The molecule has 1 saturated heterocycles. The second-order valence-corrected chi connectivity index (χ2v) is 11.2. The SMILES string of the molecule is CCN(CCN(C)C)C(=O)c1ccc(N2CCNCC2)c(NS(=O)(=O)c2ccc(C(C)C)cc2)c1. The van der Waals surface area contributed by atoms with E-state index in [1.165, 1.54) is 0 Å². The molecule has 3 rings (SSSR count). The average molecular weight is 502 g/mol. The van der Waals surface area contributed by atoms with Crippen molar-refractivity contribution in [3.63, 3.8) is 0 Å². The molecule has 1 fully saturated rings. The molecule has 9 heteroatoms. The van der Waals surface area contributed by atoms with Crippen LogP contribution in [-0.2, 0) is 10.0 Å². The zero-order chi connectivity index (χ0) is 25.6. The molecule has 192 valence electrons. The first-order chi connectivity index (χ1) is 16.6. The molecule has 0 radical (unpaired) electrons. The Morgan fingerprint density at radius 2 is 1.71 bits per heavy atom. The lowest BCUT2D eigenvalue weighted by atomic mass is 10.0. The van der Waals surface area contributed by atoms with Gasteiger partial charge in [0.25, 0.3) is 15.9 Å². The summed E-state index contributed by atoms with van der Waals surface area (Å²) >= 11 is 0. The first-order valence-electron chi connectivity index (χ1n) is 12.3. The Kier molecular flexibility index (Phi) is 9.15. The number of rotatable bonds is 10. The highest BCUT2D eigenvalue weighted by atomic mass is 32.2. The fourth-order valence-corrected chi connectivity index (χ4v) is 5.14. The second-order valence-electron chi connectivity index (χ2n) is 9.49. The number of hydrogen-bond donors (Lipinski definition) is 2. The highest BCUT2D eigenvalue weighted by Crippen LogP contribution is 2.31. The largest absolute Gasteiger partial charge is 0.367 e. The summed E-state index contributed by atoms with van der Waals surface area (Å²) in [5.74, 6) is 0.207. The lowest BCUT2D eigenvalue weighted by Crippen LogP contribution is -2.44. The van der Waals surface area contributed by atoms with Gasteiger partial charge in [-0.15, -0.1) is 0 Å². The van der Waals surface area contributed by atoms with Crippen LogP contribution in [0.25, 0.3) is 0 Å². The highest BCUT2D eigenvalue weighted by molar-refractivity contribution is 7.92. The van der Waals surface area contributed by atoms with Gasteiger partial charge in [-0.3, -0.25) is 9.52 Å². The van der Waals surface area contributed by atoms with Crippen molar-refractivity contribution in [2.24, 2.45) is 0 Å². The monoisotopic (exact) mass is 501 g/mol. The zero-order valence-corrected chi connectivity index (χ0v) is 22.4. The molecule has 0 bridgehead atoms. The third-order valence-corrected chi connectivity index (χ3v) is 7.67. The van der Waals surface area contributed by atoms with Crippen LogP contribution in [0.3, 0.4) is 0 Å². The van der Waals surface area contributed by atoms with Crippen LogP contribution in [-0.4, -0.2) is 84.0 Å². The van der Waals surface area contributed by atoms with Crippen LogP contribution in [0.2, 0.25) is 0 Å². The van der Waals surface area contributed by atoms with Gasteiger partial charge in [0, 0.05) is 51.4 Å². The quantitative estimate of drug-likeness (QED) is 0.521. The summed E-state index contributed by atoms with van der Waals surface area (Å²) in [5, 5.41) is 3.32. The predicted octanol–water partition coefficient (Wildman–Crippen LogP) is 3.04. The minimum absolute atomic E-state index is 0.108. The van der Waals surface area contributed by atoms with Crippen molar-refractivity contribution in [1.82, 2.24) is 15.1 Å². The van der Waals surface area contributed by atoms with Crippen molar-refractivity contribution in [1.29, 1.82) is 0 Å². The Morgan fingerprint density at radius 1 is 1.06 bits per heavy atom. The molecule has 0 aromatic heterocycles. The standard InChI is InChI=1S/C26H39N5O3S/c1-6-30(18-17-29(4)5)26(32)22-9-12-25(31-15-13-27-14-16-31)24(19-22)28-35(33,34)23-10-7-21(8-11-23)20(2)3/h7-12,19-20,27-28H,6,13-18H2,1-5H3. The maximum Gasteiger partial charge on any atom is 0.261 e. The van der Waals surface area contributed by atoms with Crippen molar-refractivity contribution >= 4 is 27.3 Å². The molecular weight excluding hydrogens is 462 g/mol. The molecule has 2 N–H and O–H groups in total. The number of amides is 1. The fourth-order valence-electron chi connectivity index (χ4n) is 4.07. The number of carbonyl (C=O) groups excluding carboxylic acids is 1. The number of likely N-dealkylation sites (N-methyl/N-ethyl adjacent to an activating group) is 2. The zero-order valence-electron chi connectivity index (χ0n) is 21.5. The minimum atomic E-state index is -3.83. The Hall–Kier alpha value is -2.62. The first-order valence-corrected chi connectivity index (χ1v) is 13.8. The van der Waals surface area contributed by atoms with E-state index in [-0.39, 0.29) is 10.8 Å². The fraction of sp³-hybridized carbons (Fsp3) is 0.500. The molecule has 0 aliphatic carbocycles. The number of hydrogen-bond acceptors (Lipinski definition) is 6. The smallest absolute Gasteiger partial charge is 0.261 e. The molecule has 0 spiro atoms. The van der Waals surface area contributed by atoms with E-state index in [0.717, 1.165) is 44.0 Å². The number of nitrogens with zero attached hydrogens (tertiary/aromatic N) is 3. The molecule has 1 aliphatic heterocycles. The molecule has 1 aliphatic rings. The topological polar surface area (TPSA) is 85.0 Å². The lowest BCUT2D eigenvalue weighted by molar-refractivity contribution is 0.0754. The highest BCUT2D eigenvalue weighted by Gasteiger charge is 2.23. The molecule has 1 amide bonds. The van der Waals surface area contributed by atoms with Crippen molar-refractivity contribution in [3.05, 3.63) is 53.6 Å². The van der Waals surface area contributed by atoms with Gasteiger partial charge >= 0.3 is 0 Å². The molecular formula is C26H39N5O3S. The summed E-state index contributed by atoms with van der Waals surface area (Å²) in [6.45, 7) is 11.2. The summed E-state index contributed by atoms with van der Waals surface area (Å²) in [6, 6.07) is 12.3. The van der Waals surface area contributed by atoms with E-state index in [2.05, 4.69) is 28.8 Å². The number of benzene rings is 2. The van der Waals surface area contributed by atoms with Gasteiger partial charge in [0.05, 0.1) is 16.3 Å². The van der Waals surface area contributed by atoms with Gasteiger partial charge in [-0.2, -0.15) is 0 Å². The maximum absolute atomic E-state index is 13.3. The van der Waals surface area contributed by atoms with E-state index in [9.17, 15) is 13.2 Å². The molecule has 0 saturated carbocycles. The lowest BCUT2D eigenvalue weighted by Gasteiger charge is -2.31. The van der Waals surface area contributed by atoms with Crippen LogP contribution < -0.4 is 14.9 Å². The number of carbonyl (C=O) groups is 1. The van der Waals surface area contributed by atoms with Crippen LogP contribution in [0.5, 0.6) is 0 Å². The third-order valence-electron chi connectivity index (χ3n) is 6.29. The van der Waals surface area contributed by atoms with Gasteiger partial charge in [-0.25, -0.2) is 8.42 Å². The molecule has 35 heavy (non-hydrogen) atoms. The van der Waals surface area contributed by atoms with Gasteiger partial charge in [-0.05, 0) is 62.8 Å². The summed E-state index contributed by atoms with van der Waals surface area (Å²) < 4.78 is 29.4. The maximum atomic E-state index is 13.3. The summed E-state index contributed by atoms with van der Waals surface area (Å²) in [4.78, 5) is 19.4. The molecule has 1 heterocycles.